The molecule has 0 atom stereocenters. The lowest BCUT2D eigenvalue weighted by Crippen LogP contribution is -2.34. The number of nitrogens with zero attached hydrogens (tertiary/aromatic N) is 2. The van der Waals surface area contributed by atoms with Crippen LogP contribution < -0.4 is 5.32 Å². The molecule has 0 unspecified atom stereocenters. The van der Waals surface area contributed by atoms with Gasteiger partial charge in [-0.1, -0.05) is 114 Å². The molecule has 3 fully saturated rings. The van der Waals surface area contributed by atoms with Gasteiger partial charge in [-0.15, -0.1) is 11.6 Å². The van der Waals surface area contributed by atoms with Gasteiger partial charge in [-0.05, 0) is 112 Å². The summed E-state index contributed by atoms with van der Waals surface area (Å²) in [6.07, 6.45) is 7.10. The van der Waals surface area contributed by atoms with Gasteiger partial charge in [0.05, 0.1) is 0 Å². The van der Waals surface area contributed by atoms with E-state index >= 15 is 0 Å². The van der Waals surface area contributed by atoms with E-state index in [2.05, 4.69) is 125 Å². The fraction of sp³-hybridized carbons (Fsp3) is 0.550. The van der Waals surface area contributed by atoms with E-state index in [0.717, 1.165) is 82.1 Å². The SMILES string of the molecule is BrCc1ccccc1.C.ClCC1CCN(Cc2ccccc2)CC1.O=S(Cl)Cl.OCC1CCN(Cc2ccccc2)CC1.OCC1CCNCC1. The number of piperidine rings is 3. The van der Waals surface area contributed by atoms with Crippen LogP contribution in [0.5, 0.6) is 0 Å². The van der Waals surface area contributed by atoms with E-state index in [4.69, 9.17) is 26.0 Å². The van der Waals surface area contributed by atoms with Crippen molar-refractivity contribution >= 4 is 58.1 Å². The largest absolute Gasteiger partial charge is 0.396 e. The summed E-state index contributed by atoms with van der Waals surface area (Å²) < 4.78 is 9.09. The van der Waals surface area contributed by atoms with Crippen molar-refractivity contribution in [3.63, 3.8) is 0 Å². The van der Waals surface area contributed by atoms with Crippen LogP contribution in [-0.4, -0.2) is 82.6 Å². The second kappa shape index (κ2) is 31.3. The van der Waals surface area contributed by atoms with Gasteiger partial charge in [-0.25, -0.2) is 4.21 Å². The maximum Gasteiger partial charge on any atom is 0.211 e. The van der Waals surface area contributed by atoms with E-state index in [0.29, 0.717) is 25.0 Å². The number of benzene rings is 3. The van der Waals surface area contributed by atoms with Crippen LogP contribution in [-0.2, 0) is 27.6 Å². The minimum atomic E-state index is -1.67. The number of alkyl halides is 2. The maximum absolute atomic E-state index is 9.09. The Morgan fingerprint density at radius 2 is 0.961 bits per heavy atom. The molecule has 6 rings (SSSR count). The van der Waals surface area contributed by atoms with Crippen LogP contribution in [0, 0.1) is 17.8 Å². The summed E-state index contributed by atoms with van der Waals surface area (Å²) in [5.41, 5.74) is 4.13. The molecule has 0 spiro atoms. The third-order valence-electron chi connectivity index (χ3n) is 9.10. The highest BCUT2D eigenvalue weighted by molar-refractivity contribution is 9.08. The Hall–Kier alpha value is -1.04. The van der Waals surface area contributed by atoms with E-state index < -0.39 is 9.23 Å². The van der Waals surface area contributed by atoms with Crippen molar-refractivity contribution in [1.29, 1.82) is 0 Å². The molecule has 3 aromatic rings. The Bertz CT molecular complexity index is 1150. The smallest absolute Gasteiger partial charge is 0.211 e. The van der Waals surface area contributed by atoms with Crippen molar-refractivity contribution in [2.75, 3.05) is 58.4 Å². The number of hydrogen-bond acceptors (Lipinski definition) is 6. The zero-order valence-electron chi connectivity index (χ0n) is 29.2. The Morgan fingerprint density at radius 3 is 1.25 bits per heavy atom. The average Bonchev–Trinajstić information content (AvgIpc) is 3.17. The molecule has 3 saturated heterocycles. The van der Waals surface area contributed by atoms with E-state index in [1.54, 1.807) is 0 Å². The normalized spacial score (nSPS) is 17.2. The lowest BCUT2D eigenvalue weighted by molar-refractivity contribution is 0.127. The van der Waals surface area contributed by atoms with Crippen molar-refractivity contribution in [1.82, 2.24) is 15.1 Å². The molecule has 3 aliphatic heterocycles. The lowest BCUT2D eigenvalue weighted by atomic mass is 9.97. The van der Waals surface area contributed by atoms with Crippen LogP contribution in [0.3, 0.4) is 0 Å². The minimum absolute atomic E-state index is 0. The Labute approximate surface area is 333 Å². The first-order valence-electron chi connectivity index (χ1n) is 17.7. The second-order valence-electron chi connectivity index (χ2n) is 12.9. The van der Waals surface area contributed by atoms with E-state index in [9.17, 15) is 0 Å². The molecule has 0 bridgehead atoms. The highest BCUT2D eigenvalue weighted by Gasteiger charge is 2.19. The van der Waals surface area contributed by atoms with Crippen molar-refractivity contribution in [3.8, 4) is 0 Å². The van der Waals surface area contributed by atoms with E-state index in [-0.39, 0.29) is 7.43 Å². The van der Waals surface area contributed by atoms with Gasteiger partial charge in [0.2, 0.25) is 9.23 Å². The molecule has 0 aromatic heterocycles. The number of halogens is 4. The Kier molecular flexibility index (Phi) is 29.5. The van der Waals surface area contributed by atoms with Crippen LogP contribution in [0.4, 0.5) is 0 Å². The van der Waals surface area contributed by atoms with E-state index in [1.807, 2.05) is 18.2 Å². The van der Waals surface area contributed by atoms with Gasteiger partial charge in [0, 0.05) is 58.9 Å². The van der Waals surface area contributed by atoms with Crippen molar-refractivity contribution < 1.29 is 14.4 Å². The Morgan fingerprint density at radius 1 is 0.627 bits per heavy atom. The molecule has 3 aromatic carbocycles. The van der Waals surface area contributed by atoms with E-state index in [1.165, 1.54) is 42.6 Å². The van der Waals surface area contributed by atoms with Gasteiger partial charge in [-0.2, -0.15) is 0 Å². The van der Waals surface area contributed by atoms with Gasteiger partial charge in [0.1, 0.15) is 0 Å². The molecule has 0 amide bonds. The van der Waals surface area contributed by atoms with Crippen LogP contribution >= 0.6 is 48.9 Å². The lowest BCUT2D eigenvalue weighted by Gasteiger charge is -2.30. The summed E-state index contributed by atoms with van der Waals surface area (Å²) in [4.78, 5) is 5.00. The molecule has 3 aliphatic rings. The van der Waals surface area contributed by atoms with Crippen LogP contribution in [0.1, 0.15) is 62.6 Å². The zero-order chi connectivity index (χ0) is 36.2. The number of nitrogens with one attached hydrogen (secondary N) is 1. The molecule has 11 heteroatoms. The molecular weight excluding hydrogens is 789 g/mol. The molecule has 0 aliphatic carbocycles. The monoisotopic (exact) mass is 847 g/mol. The number of aliphatic hydroxyl groups excluding tert-OH is 2. The molecule has 3 N–H and O–H groups in total. The van der Waals surface area contributed by atoms with Gasteiger partial charge < -0.3 is 15.5 Å². The summed E-state index contributed by atoms with van der Waals surface area (Å²) >= 11 is 9.23. The topological polar surface area (TPSA) is 76.0 Å². The van der Waals surface area contributed by atoms with Crippen LogP contribution in [0.15, 0.2) is 91.0 Å². The molecular formula is C40H61BrCl3N3O3S. The standard InChI is InChI=1S/C13H18ClN.C13H19NO.C7H7Br.C6H13NO.CH4.Cl2OS/c14-10-12-6-8-15(9-7-12)11-13-4-2-1-3-5-13;15-11-13-6-8-14(9-7-13)10-12-4-2-1-3-5-12;8-6-7-4-2-1-3-5-7;8-5-6-1-3-7-4-2-6;;1-4(2)3/h1-5,12H,6-11H2;1-5,13,15H,6-11H2;1-5H,6H2;6-8H,1-5H2;1H4;. The maximum atomic E-state index is 9.09. The second-order valence-corrected chi connectivity index (χ2v) is 16.3. The summed E-state index contributed by atoms with van der Waals surface area (Å²) in [5, 5.41) is 21.9. The van der Waals surface area contributed by atoms with Crippen molar-refractivity contribution in [3.05, 3.63) is 108 Å². The fourth-order valence-electron chi connectivity index (χ4n) is 5.94. The molecule has 0 saturated carbocycles. The summed E-state index contributed by atoms with van der Waals surface area (Å²) in [5.74, 6) is 2.70. The van der Waals surface area contributed by atoms with Crippen molar-refractivity contribution in [2.24, 2.45) is 17.8 Å². The minimum Gasteiger partial charge on any atom is -0.396 e. The predicted molar refractivity (Wildman–Crippen MR) is 225 cm³/mol. The first-order chi connectivity index (χ1) is 24.4. The highest BCUT2D eigenvalue weighted by atomic mass is 79.9. The van der Waals surface area contributed by atoms with Crippen molar-refractivity contribution in [2.45, 2.75) is 64.4 Å². The van der Waals surface area contributed by atoms with Gasteiger partial charge >= 0.3 is 0 Å². The molecule has 0 radical (unpaired) electrons. The quantitative estimate of drug-likeness (QED) is 0.155. The number of hydrogen-bond donors (Lipinski definition) is 3. The zero-order valence-corrected chi connectivity index (χ0v) is 33.9. The van der Waals surface area contributed by atoms with Gasteiger partial charge in [0.15, 0.2) is 0 Å². The van der Waals surface area contributed by atoms with Crippen LogP contribution in [0.25, 0.3) is 0 Å². The molecule has 51 heavy (non-hydrogen) atoms. The number of likely N-dealkylation sites (tertiary alicyclic amines) is 2. The Balaban J connectivity index is 0.000000338. The first-order valence-corrected chi connectivity index (χ1v) is 22.2. The van der Waals surface area contributed by atoms with Crippen LogP contribution in [0.2, 0.25) is 0 Å². The molecule has 3 heterocycles. The number of aliphatic hydroxyl groups is 2. The third-order valence-corrected chi connectivity index (χ3v) is 10.2. The summed E-state index contributed by atoms with van der Waals surface area (Å²) in [7, 11) is 7.36. The number of rotatable bonds is 8. The average molecular weight is 850 g/mol. The third kappa shape index (κ3) is 24.1. The first kappa shape index (κ1) is 48.0. The summed E-state index contributed by atoms with van der Waals surface area (Å²) in [6, 6.07) is 31.6. The highest BCUT2D eigenvalue weighted by Crippen LogP contribution is 2.20. The summed E-state index contributed by atoms with van der Waals surface area (Å²) in [6.45, 7) is 9.71. The van der Waals surface area contributed by atoms with Gasteiger partial charge in [0.25, 0.3) is 0 Å². The molecule has 6 nitrogen and oxygen atoms in total. The van der Waals surface area contributed by atoms with Gasteiger partial charge in [-0.3, -0.25) is 9.80 Å². The fourth-order valence-corrected chi connectivity index (χ4v) is 6.62. The predicted octanol–water partition coefficient (Wildman–Crippen LogP) is 9.27. The molecule has 288 valence electrons.